The minimum atomic E-state index is -0.915. The Labute approximate surface area is 162 Å². The van der Waals surface area contributed by atoms with E-state index in [1.165, 1.54) is 6.07 Å². The average molecular weight is 396 g/mol. The van der Waals surface area contributed by atoms with E-state index in [1.807, 2.05) is 0 Å². The Kier molecular flexibility index (Phi) is 4.42. The second-order valence-electron chi connectivity index (χ2n) is 6.34. The number of nitrogens with one attached hydrogen (secondary N) is 1. The summed E-state index contributed by atoms with van der Waals surface area (Å²) in [5.74, 6) is -1.56. The van der Waals surface area contributed by atoms with E-state index in [1.54, 1.807) is 37.3 Å². The van der Waals surface area contributed by atoms with Gasteiger partial charge in [0.25, 0.3) is 0 Å². The number of aromatic amines is 1. The van der Waals surface area contributed by atoms with Gasteiger partial charge >= 0.3 is 11.2 Å². The van der Waals surface area contributed by atoms with Crippen LogP contribution in [-0.2, 0) is 6.42 Å². The summed E-state index contributed by atoms with van der Waals surface area (Å²) < 4.78 is 28.8. The predicted molar refractivity (Wildman–Crippen MR) is 103 cm³/mol. The molecule has 0 aliphatic carbocycles. The first-order chi connectivity index (χ1) is 13.9. The Morgan fingerprint density at radius 1 is 1.17 bits per heavy atom. The van der Waals surface area contributed by atoms with E-state index >= 15 is 0 Å². The van der Waals surface area contributed by atoms with Gasteiger partial charge in [-0.3, -0.25) is 20.0 Å². The zero-order chi connectivity index (χ0) is 20.7. The lowest BCUT2D eigenvalue weighted by atomic mass is 10.0. The molecule has 0 aliphatic heterocycles. The number of aryl methyl sites for hydroxylation is 1. The third kappa shape index (κ3) is 2.96. The molecule has 29 heavy (non-hydrogen) atoms. The van der Waals surface area contributed by atoms with Crippen LogP contribution in [0.2, 0.25) is 0 Å². The van der Waals surface area contributed by atoms with Crippen molar-refractivity contribution in [2.24, 2.45) is 0 Å². The number of hydrogen-bond acceptors (Lipinski definition) is 4. The number of rotatable bonds is 4. The molecule has 0 bridgehead atoms. The highest BCUT2D eigenvalue weighted by Gasteiger charge is 2.28. The molecule has 0 atom stereocenters. The SMILES string of the molecule is CCc1[nH]n2c(=O)c([N+](=O)[O-])c(-c3ccccc3)nc2c1-c1ccc(F)cc1F. The van der Waals surface area contributed by atoms with Crippen molar-refractivity contribution in [1.82, 2.24) is 14.6 Å². The van der Waals surface area contributed by atoms with Gasteiger partial charge in [0.2, 0.25) is 0 Å². The second kappa shape index (κ2) is 6.93. The minimum Gasteiger partial charge on any atom is -0.293 e. The molecule has 0 saturated heterocycles. The molecule has 0 unspecified atom stereocenters. The predicted octanol–water partition coefficient (Wildman–Crippen LogP) is 4.11. The molecule has 0 aliphatic rings. The van der Waals surface area contributed by atoms with Gasteiger partial charge in [-0.2, -0.15) is 4.52 Å². The van der Waals surface area contributed by atoms with Gasteiger partial charge in [0.1, 0.15) is 11.6 Å². The first kappa shape index (κ1) is 18.5. The van der Waals surface area contributed by atoms with Gasteiger partial charge in [0.05, 0.1) is 10.5 Å². The Morgan fingerprint density at radius 3 is 2.52 bits per heavy atom. The monoisotopic (exact) mass is 396 g/mol. The molecule has 2 heterocycles. The smallest absolute Gasteiger partial charge is 0.293 e. The highest BCUT2D eigenvalue weighted by molar-refractivity contribution is 5.83. The topological polar surface area (TPSA) is 93.3 Å². The molecule has 0 radical (unpaired) electrons. The van der Waals surface area contributed by atoms with Crippen molar-refractivity contribution in [3.8, 4) is 22.4 Å². The maximum absolute atomic E-state index is 14.5. The first-order valence-corrected chi connectivity index (χ1v) is 8.75. The van der Waals surface area contributed by atoms with Crippen LogP contribution in [0.4, 0.5) is 14.5 Å². The van der Waals surface area contributed by atoms with E-state index in [0.717, 1.165) is 16.6 Å². The molecule has 0 saturated carbocycles. The van der Waals surface area contributed by atoms with E-state index in [9.17, 15) is 23.7 Å². The van der Waals surface area contributed by atoms with Crippen LogP contribution in [0.25, 0.3) is 28.0 Å². The molecule has 4 aromatic rings. The molecule has 0 amide bonds. The Hall–Kier alpha value is -3.88. The van der Waals surface area contributed by atoms with Crippen molar-refractivity contribution < 1.29 is 13.7 Å². The minimum absolute atomic E-state index is 0.0295. The van der Waals surface area contributed by atoms with Gasteiger partial charge in [-0.1, -0.05) is 37.3 Å². The molecule has 7 nitrogen and oxygen atoms in total. The lowest BCUT2D eigenvalue weighted by molar-refractivity contribution is -0.385. The number of halogens is 2. The molecule has 146 valence electrons. The number of aromatic nitrogens is 3. The summed E-state index contributed by atoms with van der Waals surface area (Å²) in [7, 11) is 0. The quantitative estimate of drug-likeness (QED) is 0.415. The van der Waals surface area contributed by atoms with E-state index < -0.39 is 27.8 Å². The number of nitrogens with zero attached hydrogens (tertiary/aromatic N) is 3. The highest BCUT2D eigenvalue weighted by atomic mass is 19.1. The van der Waals surface area contributed by atoms with Crippen LogP contribution in [0.15, 0.2) is 53.3 Å². The van der Waals surface area contributed by atoms with Gasteiger partial charge in [-0.05, 0) is 18.6 Å². The molecule has 2 aromatic carbocycles. The summed E-state index contributed by atoms with van der Waals surface area (Å²) in [5.41, 5.74) is -0.571. The fourth-order valence-electron chi connectivity index (χ4n) is 3.30. The molecule has 2 aromatic heterocycles. The van der Waals surface area contributed by atoms with Crippen LogP contribution >= 0.6 is 0 Å². The van der Waals surface area contributed by atoms with E-state index in [2.05, 4.69) is 10.1 Å². The molecule has 9 heteroatoms. The summed E-state index contributed by atoms with van der Waals surface area (Å²) >= 11 is 0. The largest absolute Gasteiger partial charge is 0.361 e. The van der Waals surface area contributed by atoms with Crippen molar-refractivity contribution >= 4 is 11.3 Å². The van der Waals surface area contributed by atoms with Crippen molar-refractivity contribution in [2.75, 3.05) is 0 Å². The van der Waals surface area contributed by atoms with E-state index in [4.69, 9.17) is 0 Å². The number of benzene rings is 2. The fourth-order valence-corrected chi connectivity index (χ4v) is 3.30. The van der Waals surface area contributed by atoms with Gasteiger partial charge in [-0.15, -0.1) is 0 Å². The summed E-state index contributed by atoms with van der Waals surface area (Å²) in [4.78, 5) is 28.1. The van der Waals surface area contributed by atoms with Gasteiger partial charge in [0.15, 0.2) is 11.3 Å². The molecule has 4 rings (SSSR count). The van der Waals surface area contributed by atoms with Crippen molar-refractivity contribution in [1.29, 1.82) is 0 Å². The van der Waals surface area contributed by atoms with E-state index in [0.29, 0.717) is 17.7 Å². The third-order valence-corrected chi connectivity index (χ3v) is 4.62. The van der Waals surface area contributed by atoms with Crippen LogP contribution < -0.4 is 5.56 Å². The number of H-pyrrole nitrogens is 1. The Bertz CT molecular complexity index is 1310. The summed E-state index contributed by atoms with van der Waals surface area (Å²) in [6.45, 7) is 1.77. The molecular weight excluding hydrogens is 382 g/mol. The van der Waals surface area contributed by atoms with Crippen LogP contribution in [0.5, 0.6) is 0 Å². The van der Waals surface area contributed by atoms with Crippen LogP contribution in [-0.4, -0.2) is 19.5 Å². The second-order valence-corrected chi connectivity index (χ2v) is 6.34. The van der Waals surface area contributed by atoms with Crippen molar-refractivity contribution in [3.63, 3.8) is 0 Å². The average Bonchev–Trinajstić information content (AvgIpc) is 3.07. The lowest BCUT2D eigenvalue weighted by Gasteiger charge is -2.06. The van der Waals surface area contributed by atoms with Gasteiger partial charge in [0, 0.05) is 22.9 Å². The third-order valence-electron chi connectivity index (χ3n) is 4.62. The molecule has 0 spiro atoms. The molecule has 0 fully saturated rings. The highest BCUT2D eigenvalue weighted by Crippen LogP contribution is 2.33. The Balaban J connectivity index is 2.15. The Morgan fingerprint density at radius 2 is 1.90 bits per heavy atom. The number of hydrogen-bond donors (Lipinski definition) is 1. The zero-order valence-corrected chi connectivity index (χ0v) is 15.1. The summed E-state index contributed by atoms with van der Waals surface area (Å²) in [5, 5.41) is 14.4. The standard InChI is InChI=1S/C20H14F2N4O3/c1-2-15-16(13-9-8-12(21)10-14(13)22)19-23-17(11-6-4-3-5-7-11)18(26(28)29)20(27)25(19)24-15/h3-10,24H,2H2,1H3. The van der Waals surface area contributed by atoms with Gasteiger partial charge in [-0.25, -0.2) is 13.8 Å². The van der Waals surface area contributed by atoms with Crippen molar-refractivity contribution in [3.05, 3.63) is 86.3 Å². The molecular formula is C20H14F2N4O3. The van der Waals surface area contributed by atoms with Crippen LogP contribution in [0.3, 0.4) is 0 Å². The van der Waals surface area contributed by atoms with Crippen molar-refractivity contribution in [2.45, 2.75) is 13.3 Å². The first-order valence-electron chi connectivity index (χ1n) is 8.75. The summed E-state index contributed by atoms with van der Waals surface area (Å²) in [6, 6.07) is 11.3. The molecule has 1 N–H and O–H groups in total. The summed E-state index contributed by atoms with van der Waals surface area (Å²) in [6.07, 6.45) is 0.365. The van der Waals surface area contributed by atoms with Crippen LogP contribution in [0.1, 0.15) is 12.6 Å². The normalized spacial score (nSPS) is 11.1. The number of nitro groups is 1. The van der Waals surface area contributed by atoms with Crippen LogP contribution in [0, 0.1) is 21.7 Å². The lowest BCUT2D eigenvalue weighted by Crippen LogP contribution is -2.20. The van der Waals surface area contributed by atoms with Gasteiger partial charge < -0.3 is 0 Å². The zero-order valence-electron chi connectivity index (χ0n) is 15.1. The number of fused-ring (bicyclic) bond motifs is 1. The maximum Gasteiger partial charge on any atom is 0.361 e. The fraction of sp³-hybridized carbons (Fsp3) is 0.100. The van der Waals surface area contributed by atoms with E-state index in [-0.39, 0.29) is 22.5 Å². The maximum atomic E-state index is 14.5.